The molecule has 0 aromatic rings. The Balaban J connectivity index is 4.24. The van der Waals surface area contributed by atoms with Crippen molar-refractivity contribution in [2.75, 3.05) is 19.8 Å². The van der Waals surface area contributed by atoms with E-state index in [9.17, 15) is 9.59 Å². The first-order valence-electron chi connectivity index (χ1n) is 22.8. The van der Waals surface area contributed by atoms with Crippen molar-refractivity contribution in [3.63, 3.8) is 0 Å². The molecular weight excluding hydrogens is 669 g/mol. The van der Waals surface area contributed by atoms with Gasteiger partial charge in [0.2, 0.25) is 0 Å². The summed E-state index contributed by atoms with van der Waals surface area (Å²) < 4.78 is 17.3. The summed E-state index contributed by atoms with van der Waals surface area (Å²) in [5, 5.41) is 0. The number of carbonyl (C=O) groups is 2. The summed E-state index contributed by atoms with van der Waals surface area (Å²) in [7, 11) is 0. The smallest absolute Gasteiger partial charge is 0.306 e. The summed E-state index contributed by atoms with van der Waals surface area (Å²) in [6.45, 7) is 7.61. The van der Waals surface area contributed by atoms with Crippen molar-refractivity contribution in [3.8, 4) is 0 Å². The highest BCUT2D eigenvalue weighted by Crippen LogP contribution is 2.13. The highest BCUT2D eigenvalue weighted by Gasteiger charge is 2.17. The third-order valence-electron chi connectivity index (χ3n) is 9.54. The molecule has 54 heavy (non-hydrogen) atoms. The average molecular weight is 755 g/mol. The van der Waals surface area contributed by atoms with Gasteiger partial charge in [-0.2, -0.15) is 0 Å². The number of hydrogen-bond acceptors (Lipinski definition) is 5. The minimum absolute atomic E-state index is 0.0734. The Labute approximate surface area is 334 Å². The van der Waals surface area contributed by atoms with Gasteiger partial charge in [-0.3, -0.25) is 9.59 Å². The van der Waals surface area contributed by atoms with Gasteiger partial charge in [-0.15, -0.1) is 0 Å². The van der Waals surface area contributed by atoms with Crippen LogP contribution in [0, 0.1) is 0 Å². The fourth-order valence-corrected chi connectivity index (χ4v) is 6.13. The third kappa shape index (κ3) is 42.3. The molecule has 1 unspecified atom stereocenters. The minimum atomic E-state index is -0.545. The second kappa shape index (κ2) is 45.0. The minimum Gasteiger partial charge on any atom is -0.462 e. The summed E-state index contributed by atoms with van der Waals surface area (Å²) in [6.07, 6.45) is 55.1. The zero-order valence-corrected chi connectivity index (χ0v) is 35.7. The van der Waals surface area contributed by atoms with E-state index in [4.69, 9.17) is 14.2 Å². The first-order valence-corrected chi connectivity index (χ1v) is 22.8. The van der Waals surface area contributed by atoms with Gasteiger partial charge < -0.3 is 14.2 Å². The zero-order chi connectivity index (χ0) is 39.3. The number of esters is 2. The van der Waals surface area contributed by atoms with Crippen molar-refractivity contribution in [2.45, 2.75) is 219 Å². The van der Waals surface area contributed by atoms with Crippen LogP contribution in [0.15, 0.2) is 60.8 Å². The van der Waals surface area contributed by atoms with Crippen molar-refractivity contribution in [1.29, 1.82) is 0 Å². The Hall–Kier alpha value is -2.40. The van der Waals surface area contributed by atoms with Gasteiger partial charge >= 0.3 is 11.9 Å². The van der Waals surface area contributed by atoms with Crippen LogP contribution in [0.2, 0.25) is 0 Å². The molecule has 0 spiro atoms. The van der Waals surface area contributed by atoms with Crippen LogP contribution in [0.5, 0.6) is 0 Å². The molecule has 5 nitrogen and oxygen atoms in total. The summed E-state index contributed by atoms with van der Waals surface area (Å²) in [6, 6.07) is 0. The number of allylic oxidation sites excluding steroid dienone is 10. The second-order valence-electron chi connectivity index (χ2n) is 14.9. The number of unbranched alkanes of at least 4 members (excludes halogenated alkanes) is 20. The van der Waals surface area contributed by atoms with Crippen LogP contribution in [0.3, 0.4) is 0 Å². The molecule has 0 saturated carbocycles. The van der Waals surface area contributed by atoms with Crippen LogP contribution in [0.25, 0.3) is 0 Å². The zero-order valence-electron chi connectivity index (χ0n) is 35.7. The van der Waals surface area contributed by atoms with Crippen LogP contribution >= 0.6 is 0 Å². The first kappa shape index (κ1) is 51.6. The quantitative estimate of drug-likeness (QED) is 0.0353. The van der Waals surface area contributed by atoms with Gasteiger partial charge in [0.1, 0.15) is 6.61 Å². The molecule has 0 N–H and O–H groups in total. The van der Waals surface area contributed by atoms with E-state index in [-0.39, 0.29) is 25.2 Å². The number of ether oxygens (including phenoxy) is 3. The van der Waals surface area contributed by atoms with Gasteiger partial charge in [-0.25, -0.2) is 0 Å². The highest BCUT2D eigenvalue weighted by atomic mass is 16.6. The predicted molar refractivity (Wildman–Crippen MR) is 233 cm³/mol. The summed E-state index contributed by atoms with van der Waals surface area (Å²) in [5.74, 6) is -0.421. The third-order valence-corrected chi connectivity index (χ3v) is 9.54. The topological polar surface area (TPSA) is 61.8 Å². The SMILES string of the molecule is CC/C=C\C/C=C\C/C=C\C/C=C\CCCCCCCOCC(COC(=O)CCCCCCC/C=C\CCCC)OC(=O)CCCCCCCCCCC. The van der Waals surface area contributed by atoms with Gasteiger partial charge in [0.05, 0.1) is 6.61 Å². The van der Waals surface area contributed by atoms with E-state index in [2.05, 4.69) is 81.5 Å². The lowest BCUT2D eigenvalue weighted by Crippen LogP contribution is -2.30. The number of rotatable bonds is 41. The molecule has 5 heteroatoms. The lowest BCUT2D eigenvalue weighted by molar-refractivity contribution is -0.163. The predicted octanol–water partition coefficient (Wildman–Crippen LogP) is 15.0. The van der Waals surface area contributed by atoms with Crippen LogP contribution in [0.4, 0.5) is 0 Å². The van der Waals surface area contributed by atoms with Crippen molar-refractivity contribution in [2.24, 2.45) is 0 Å². The molecule has 0 aliphatic carbocycles. The normalized spacial score (nSPS) is 12.7. The van der Waals surface area contributed by atoms with Gasteiger partial charge in [-0.1, -0.05) is 184 Å². The van der Waals surface area contributed by atoms with E-state index in [0.29, 0.717) is 19.4 Å². The molecule has 1 atom stereocenters. The Morgan fingerprint density at radius 3 is 1.41 bits per heavy atom. The maximum Gasteiger partial charge on any atom is 0.306 e. The largest absolute Gasteiger partial charge is 0.462 e. The Bertz CT molecular complexity index is 946. The highest BCUT2D eigenvalue weighted by molar-refractivity contribution is 5.70. The van der Waals surface area contributed by atoms with Gasteiger partial charge in [-0.05, 0) is 77.0 Å². The first-order chi connectivity index (χ1) is 26.6. The fraction of sp³-hybridized carbons (Fsp3) is 0.755. The molecule has 312 valence electrons. The lowest BCUT2D eigenvalue weighted by Gasteiger charge is -2.18. The molecule has 0 radical (unpaired) electrons. The molecule has 0 aliphatic heterocycles. The fourth-order valence-electron chi connectivity index (χ4n) is 6.13. The van der Waals surface area contributed by atoms with Gasteiger partial charge in [0.15, 0.2) is 6.10 Å². The van der Waals surface area contributed by atoms with Crippen molar-refractivity contribution >= 4 is 11.9 Å². The molecule has 0 aromatic heterocycles. The molecule has 0 aliphatic rings. The Morgan fingerprint density at radius 2 is 0.852 bits per heavy atom. The molecule has 0 fully saturated rings. The molecule has 0 aromatic carbocycles. The van der Waals surface area contributed by atoms with E-state index < -0.39 is 6.10 Å². The van der Waals surface area contributed by atoms with Crippen LogP contribution in [-0.2, 0) is 23.8 Å². The van der Waals surface area contributed by atoms with Gasteiger partial charge in [0.25, 0.3) is 0 Å². The average Bonchev–Trinajstić information content (AvgIpc) is 3.17. The summed E-state index contributed by atoms with van der Waals surface area (Å²) in [5.41, 5.74) is 0. The maximum absolute atomic E-state index is 12.7. The van der Waals surface area contributed by atoms with Crippen molar-refractivity contribution in [3.05, 3.63) is 60.8 Å². The van der Waals surface area contributed by atoms with E-state index in [1.165, 1.54) is 96.3 Å². The number of hydrogen-bond donors (Lipinski definition) is 0. The second-order valence-corrected chi connectivity index (χ2v) is 14.9. The number of carbonyl (C=O) groups excluding carboxylic acids is 2. The lowest BCUT2D eigenvalue weighted by atomic mass is 10.1. The molecular formula is C49H86O5. The Morgan fingerprint density at radius 1 is 0.426 bits per heavy atom. The molecule has 0 rings (SSSR count). The molecule has 0 bridgehead atoms. The van der Waals surface area contributed by atoms with E-state index >= 15 is 0 Å². The monoisotopic (exact) mass is 755 g/mol. The maximum atomic E-state index is 12.7. The molecule has 0 amide bonds. The van der Waals surface area contributed by atoms with Crippen LogP contribution in [0.1, 0.15) is 213 Å². The van der Waals surface area contributed by atoms with E-state index in [0.717, 1.165) is 83.5 Å². The Kier molecular flexibility index (Phi) is 43.0. The molecule has 0 heterocycles. The van der Waals surface area contributed by atoms with Crippen molar-refractivity contribution in [1.82, 2.24) is 0 Å². The van der Waals surface area contributed by atoms with Crippen LogP contribution < -0.4 is 0 Å². The van der Waals surface area contributed by atoms with Crippen molar-refractivity contribution < 1.29 is 23.8 Å². The van der Waals surface area contributed by atoms with E-state index in [1.54, 1.807) is 0 Å². The standard InChI is InChI=1S/C49H86O5/c1-4-7-10-13-16-19-21-22-23-24-25-26-27-29-32-35-38-41-44-52-45-47(54-49(51)43-40-37-34-30-18-15-12-9-6-3)46-53-48(50)42-39-36-33-31-28-20-17-14-11-8-5-2/h7,10,14,16-17,19,22-23,25-26,47H,4-6,8-9,11-13,15,18,20-21,24,27-46H2,1-3H3/b10-7-,17-14-,19-16-,23-22-,26-25-. The van der Waals surface area contributed by atoms with Crippen LogP contribution in [-0.4, -0.2) is 37.9 Å². The summed E-state index contributed by atoms with van der Waals surface area (Å²) in [4.78, 5) is 25.1. The summed E-state index contributed by atoms with van der Waals surface area (Å²) >= 11 is 0. The molecule has 0 saturated heterocycles. The van der Waals surface area contributed by atoms with E-state index in [1.807, 2.05) is 0 Å². The van der Waals surface area contributed by atoms with Gasteiger partial charge in [0, 0.05) is 19.4 Å².